The van der Waals surface area contributed by atoms with E-state index >= 15 is 0 Å². The van der Waals surface area contributed by atoms with Gasteiger partial charge in [-0.25, -0.2) is 0 Å². The zero-order valence-corrected chi connectivity index (χ0v) is 11.1. The number of nitrogens with zero attached hydrogens (tertiary/aromatic N) is 1. The lowest BCUT2D eigenvalue weighted by Crippen LogP contribution is -2.25. The first-order chi connectivity index (χ1) is 9.36. The molecule has 3 nitrogen and oxygen atoms in total. The number of hydrogen-bond acceptors (Lipinski definition) is 3. The van der Waals surface area contributed by atoms with E-state index in [1.807, 2.05) is 12.1 Å². The normalized spacial score (nSPS) is 15.1. The molecule has 1 aliphatic carbocycles. The van der Waals surface area contributed by atoms with Crippen LogP contribution < -0.4 is 5.73 Å². The smallest absolute Gasteiger partial charge is 0.117 e. The predicted molar refractivity (Wildman–Crippen MR) is 75.3 cm³/mol. The second kappa shape index (κ2) is 5.59. The van der Waals surface area contributed by atoms with E-state index in [0.29, 0.717) is 12.6 Å². The second-order valence-corrected chi connectivity index (χ2v) is 5.19. The predicted octanol–water partition coefficient (Wildman–Crippen LogP) is 2.90. The fraction of sp³-hybridized carbons (Fsp3) is 0.375. The number of nitrogens with two attached hydrogens (primary N) is 1. The summed E-state index contributed by atoms with van der Waals surface area (Å²) in [6, 6.07) is 13.1. The average molecular weight is 256 g/mol. The van der Waals surface area contributed by atoms with Crippen LogP contribution in [0.5, 0.6) is 0 Å². The van der Waals surface area contributed by atoms with Gasteiger partial charge >= 0.3 is 0 Å². The van der Waals surface area contributed by atoms with Crippen molar-refractivity contribution in [2.75, 3.05) is 0 Å². The van der Waals surface area contributed by atoms with E-state index in [2.05, 4.69) is 29.2 Å². The summed E-state index contributed by atoms with van der Waals surface area (Å²) in [5, 5.41) is 0. The number of hydrogen-bond donors (Lipinski definition) is 1. The zero-order chi connectivity index (χ0) is 13.1. The fourth-order valence-electron chi connectivity index (χ4n) is 2.49. The number of furan rings is 1. The molecular formula is C16H20N2O. The van der Waals surface area contributed by atoms with E-state index in [4.69, 9.17) is 10.2 Å². The molecule has 0 saturated heterocycles. The molecule has 0 aliphatic heterocycles. The van der Waals surface area contributed by atoms with Gasteiger partial charge in [-0.2, -0.15) is 0 Å². The Labute approximate surface area is 114 Å². The van der Waals surface area contributed by atoms with Crippen LogP contribution in [0.15, 0.2) is 47.1 Å². The van der Waals surface area contributed by atoms with E-state index < -0.39 is 0 Å². The van der Waals surface area contributed by atoms with E-state index in [1.165, 1.54) is 24.0 Å². The highest BCUT2D eigenvalue weighted by Gasteiger charge is 2.29. The van der Waals surface area contributed by atoms with Gasteiger partial charge < -0.3 is 10.2 Å². The molecule has 100 valence electrons. The molecule has 0 bridgehead atoms. The Hall–Kier alpha value is -1.58. The Morgan fingerprint density at radius 2 is 1.84 bits per heavy atom. The van der Waals surface area contributed by atoms with Crippen LogP contribution in [-0.4, -0.2) is 10.9 Å². The third-order valence-corrected chi connectivity index (χ3v) is 3.71. The van der Waals surface area contributed by atoms with Crippen molar-refractivity contribution in [2.24, 2.45) is 5.73 Å². The van der Waals surface area contributed by atoms with Gasteiger partial charge in [0.15, 0.2) is 0 Å². The first-order valence-electron chi connectivity index (χ1n) is 6.90. The molecule has 0 spiro atoms. The van der Waals surface area contributed by atoms with Gasteiger partial charge in [0.1, 0.15) is 5.76 Å². The summed E-state index contributed by atoms with van der Waals surface area (Å²) in [5.74, 6) is 1.04. The molecule has 2 aromatic rings. The molecule has 1 aromatic heterocycles. The van der Waals surface area contributed by atoms with Crippen molar-refractivity contribution in [1.82, 2.24) is 4.90 Å². The highest BCUT2D eigenvalue weighted by Crippen LogP contribution is 2.30. The molecule has 2 N–H and O–H groups in total. The van der Waals surface area contributed by atoms with Gasteiger partial charge in [-0.1, -0.05) is 24.3 Å². The molecule has 0 atom stereocenters. The zero-order valence-electron chi connectivity index (χ0n) is 11.1. The third kappa shape index (κ3) is 3.06. The standard InChI is InChI=1S/C16H20N2O/c17-10-13-4-1-2-5-14(13)11-18(15-7-8-15)12-16-6-3-9-19-16/h1-6,9,15H,7-8,10-12,17H2. The van der Waals surface area contributed by atoms with Crippen LogP contribution >= 0.6 is 0 Å². The van der Waals surface area contributed by atoms with Crippen LogP contribution in [0.2, 0.25) is 0 Å². The Kier molecular flexibility index (Phi) is 3.67. The van der Waals surface area contributed by atoms with Crippen LogP contribution in [0.1, 0.15) is 29.7 Å². The summed E-state index contributed by atoms with van der Waals surface area (Å²) in [6.45, 7) is 2.45. The largest absolute Gasteiger partial charge is 0.468 e. The van der Waals surface area contributed by atoms with Gasteiger partial charge in [0.2, 0.25) is 0 Å². The molecule has 1 saturated carbocycles. The fourth-order valence-corrected chi connectivity index (χ4v) is 2.49. The van der Waals surface area contributed by atoms with Crippen LogP contribution in [0.25, 0.3) is 0 Å². The quantitative estimate of drug-likeness (QED) is 0.864. The Balaban J connectivity index is 1.74. The van der Waals surface area contributed by atoms with Crippen molar-refractivity contribution in [3.05, 3.63) is 59.5 Å². The molecule has 1 heterocycles. The van der Waals surface area contributed by atoms with Gasteiger partial charge in [-0.15, -0.1) is 0 Å². The molecule has 1 aliphatic rings. The van der Waals surface area contributed by atoms with Gasteiger partial charge in [-0.05, 0) is 36.1 Å². The molecule has 1 aromatic carbocycles. The van der Waals surface area contributed by atoms with Crippen molar-refractivity contribution in [1.29, 1.82) is 0 Å². The SMILES string of the molecule is NCc1ccccc1CN(Cc1ccco1)C1CC1. The topological polar surface area (TPSA) is 42.4 Å². The second-order valence-electron chi connectivity index (χ2n) is 5.19. The Bertz CT molecular complexity index is 517. The molecule has 19 heavy (non-hydrogen) atoms. The summed E-state index contributed by atoms with van der Waals surface area (Å²) < 4.78 is 5.47. The molecule has 0 radical (unpaired) electrons. The lowest BCUT2D eigenvalue weighted by atomic mass is 10.1. The summed E-state index contributed by atoms with van der Waals surface area (Å²) in [4.78, 5) is 2.49. The summed E-state index contributed by atoms with van der Waals surface area (Å²) in [6.07, 6.45) is 4.34. The lowest BCUT2D eigenvalue weighted by molar-refractivity contribution is 0.224. The minimum atomic E-state index is 0.607. The summed E-state index contributed by atoms with van der Waals surface area (Å²) in [7, 11) is 0. The van der Waals surface area contributed by atoms with Crippen molar-refractivity contribution < 1.29 is 4.42 Å². The van der Waals surface area contributed by atoms with Crippen LogP contribution in [0.3, 0.4) is 0 Å². The van der Waals surface area contributed by atoms with Gasteiger partial charge in [-0.3, -0.25) is 4.90 Å². The summed E-state index contributed by atoms with van der Waals surface area (Å²) in [5.41, 5.74) is 8.40. The first kappa shape index (κ1) is 12.5. The monoisotopic (exact) mass is 256 g/mol. The maximum absolute atomic E-state index is 5.82. The first-order valence-corrected chi connectivity index (χ1v) is 6.90. The van der Waals surface area contributed by atoms with Crippen LogP contribution in [0, 0.1) is 0 Å². The molecule has 3 rings (SSSR count). The molecule has 0 amide bonds. The third-order valence-electron chi connectivity index (χ3n) is 3.71. The maximum atomic E-state index is 5.82. The molecular weight excluding hydrogens is 236 g/mol. The van der Waals surface area contributed by atoms with Gasteiger partial charge in [0.05, 0.1) is 12.8 Å². The Morgan fingerprint density at radius 1 is 1.05 bits per heavy atom. The van der Waals surface area contributed by atoms with E-state index in [-0.39, 0.29) is 0 Å². The van der Waals surface area contributed by atoms with E-state index in [9.17, 15) is 0 Å². The molecule has 1 fully saturated rings. The Morgan fingerprint density at radius 3 is 2.47 bits per heavy atom. The average Bonchev–Trinajstić information content (AvgIpc) is 3.17. The van der Waals surface area contributed by atoms with Gasteiger partial charge in [0, 0.05) is 19.1 Å². The summed E-state index contributed by atoms with van der Waals surface area (Å²) >= 11 is 0. The van der Waals surface area contributed by atoms with Crippen molar-refractivity contribution in [3.8, 4) is 0 Å². The highest BCUT2D eigenvalue weighted by molar-refractivity contribution is 5.27. The lowest BCUT2D eigenvalue weighted by Gasteiger charge is -2.22. The van der Waals surface area contributed by atoms with Crippen LogP contribution in [0.4, 0.5) is 0 Å². The van der Waals surface area contributed by atoms with Crippen molar-refractivity contribution in [3.63, 3.8) is 0 Å². The minimum absolute atomic E-state index is 0.607. The maximum Gasteiger partial charge on any atom is 0.117 e. The van der Waals surface area contributed by atoms with E-state index in [1.54, 1.807) is 6.26 Å². The van der Waals surface area contributed by atoms with E-state index in [0.717, 1.165) is 18.8 Å². The minimum Gasteiger partial charge on any atom is -0.468 e. The molecule has 3 heteroatoms. The van der Waals surface area contributed by atoms with Crippen LogP contribution in [-0.2, 0) is 19.6 Å². The number of rotatable bonds is 6. The van der Waals surface area contributed by atoms with Crippen molar-refractivity contribution in [2.45, 2.75) is 38.5 Å². The number of benzene rings is 1. The van der Waals surface area contributed by atoms with Gasteiger partial charge in [0.25, 0.3) is 0 Å². The highest BCUT2D eigenvalue weighted by atomic mass is 16.3. The van der Waals surface area contributed by atoms with Crippen molar-refractivity contribution >= 4 is 0 Å². The molecule has 0 unspecified atom stereocenters.